The lowest BCUT2D eigenvalue weighted by molar-refractivity contribution is -0.143. The molecule has 3 fully saturated rings. The molecule has 4 aliphatic heterocycles. The minimum Gasteiger partial charge on any atom is -0.458 e. The molecule has 110 valence electrons. The highest BCUT2D eigenvalue weighted by Gasteiger charge is 2.68. The second kappa shape index (κ2) is 3.39. The van der Waals surface area contributed by atoms with E-state index in [0.29, 0.717) is 17.6 Å². The molecule has 0 aromatic rings. The molecule has 0 N–H and O–H groups in total. The Balaban J connectivity index is 1.59. The number of hydrogen-bond donors (Lipinski definition) is 0. The Kier molecular flexibility index (Phi) is 1.93. The molecular formula is C15H14O6. The summed E-state index contributed by atoms with van der Waals surface area (Å²) in [5.41, 5.74) is 0.536. The minimum atomic E-state index is -0.500. The maximum atomic E-state index is 12.0. The van der Waals surface area contributed by atoms with Crippen molar-refractivity contribution in [2.45, 2.75) is 49.5 Å². The fourth-order valence-electron chi connectivity index (χ4n) is 3.92. The SMILES string of the molecule is C=C1C(=O)O[C@H]2C[C@]3(C)O[C@H]3[C@@H]3O[C@@H]3C3=C[C@@H](OC3=O)C12. The number of ether oxygens (including phenoxy) is 4. The van der Waals surface area contributed by atoms with E-state index in [1.54, 1.807) is 6.08 Å². The lowest BCUT2D eigenvalue weighted by atomic mass is 9.83. The minimum absolute atomic E-state index is 0.0541. The molecule has 3 saturated heterocycles. The molecule has 5 rings (SSSR count). The van der Waals surface area contributed by atoms with Gasteiger partial charge in [0.1, 0.15) is 30.5 Å². The van der Waals surface area contributed by atoms with Gasteiger partial charge in [-0.1, -0.05) is 6.58 Å². The van der Waals surface area contributed by atoms with Gasteiger partial charge in [0.15, 0.2) is 0 Å². The molecule has 0 aromatic heterocycles. The normalized spacial score (nSPS) is 53.0. The average Bonchev–Trinajstić information content (AvgIpc) is 3.25. The second-order valence-electron chi connectivity index (χ2n) is 6.56. The number of carbonyl (C=O) groups is 2. The first kappa shape index (κ1) is 11.9. The Hall–Kier alpha value is -1.66. The quantitative estimate of drug-likeness (QED) is 0.362. The summed E-state index contributed by atoms with van der Waals surface area (Å²) in [5, 5.41) is 0. The smallest absolute Gasteiger partial charge is 0.337 e. The molecule has 0 aromatic carbocycles. The summed E-state index contributed by atoms with van der Waals surface area (Å²) in [5.74, 6) is -1.12. The molecule has 1 unspecified atom stereocenters. The highest BCUT2D eigenvalue weighted by atomic mass is 16.7. The molecular weight excluding hydrogens is 276 g/mol. The van der Waals surface area contributed by atoms with Crippen LogP contribution in [-0.2, 0) is 28.5 Å². The zero-order chi connectivity index (χ0) is 14.5. The van der Waals surface area contributed by atoms with Crippen molar-refractivity contribution in [2.24, 2.45) is 5.92 Å². The van der Waals surface area contributed by atoms with E-state index in [1.165, 1.54) is 0 Å². The highest BCUT2D eigenvalue weighted by molar-refractivity contribution is 5.94. The third-order valence-electron chi connectivity index (χ3n) is 5.18. The van der Waals surface area contributed by atoms with E-state index in [0.717, 1.165) is 0 Å². The lowest BCUT2D eigenvalue weighted by Gasteiger charge is -2.23. The van der Waals surface area contributed by atoms with Crippen LogP contribution in [-0.4, -0.2) is 48.1 Å². The van der Waals surface area contributed by atoms with Gasteiger partial charge in [0, 0.05) is 12.0 Å². The van der Waals surface area contributed by atoms with Gasteiger partial charge in [-0.25, -0.2) is 9.59 Å². The maximum Gasteiger partial charge on any atom is 0.337 e. The predicted molar refractivity (Wildman–Crippen MR) is 67.0 cm³/mol. The van der Waals surface area contributed by atoms with Crippen molar-refractivity contribution >= 4 is 11.9 Å². The van der Waals surface area contributed by atoms with E-state index >= 15 is 0 Å². The van der Waals surface area contributed by atoms with Gasteiger partial charge < -0.3 is 18.9 Å². The Morgan fingerprint density at radius 1 is 1.29 bits per heavy atom. The van der Waals surface area contributed by atoms with Crippen molar-refractivity contribution < 1.29 is 28.5 Å². The molecule has 6 heteroatoms. The molecule has 0 amide bonds. The van der Waals surface area contributed by atoms with Crippen LogP contribution in [0.1, 0.15) is 13.3 Å². The fourth-order valence-corrected chi connectivity index (χ4v) is 3.92. The van der Waals surface area contributed by atoms with Crippen LogP contribution in [0.4, 0.5) is 0 Å². The van der Waals surface area contributed by atoms with Crippen LogP contribution in [0, 0.1) is 5.92 Å². The van der Waals surface area contributed by atoms with E-state index in [4.69, 9.17) is 18.9 Å². The molecule has 6 nitrogen and oxygen atoms in total. The second-order valence-corrected chi connectivity index (χ2v) is 6.56. The van der Waals surface area contributed by atoms with E-state index < -0.39 is 12.1 Å². The Morgan fingerprint density at radius 3 is 2.90 bits per heavy atom. The molecule has 0 saturated carbocycles. The van der Waals surface area contributed by atoms with Gasteiger partial charge in [-0.2, -0.15) is 0 Å². The zero-order valence-corrected chi connectivity index (χ0v) is 11.4. The molecule has 4 heterocycles. The topological polar surface area (TPSA) is 77.7 Å². The lowest BCUT2D eigenvalue weighted by Crippen LogP contribution is -2.33. The molecule has 21 heavy (non-hydrogen) atoms. The Morgan fingerprint density at radius 2 is 2.10 bits per heavy atom. The molecule has 5 aliphatic rings. The van der Waals surface area contributed by atoms with Crippen LogP contribution in [0.25, 0.3) is 0 Å². The molecule has 2 bridgehead atoms. The third-order valence-corrected chi connectivity index (χ3v) is 5.18. The van der Waals surface area contributed by atoms with Gasteiger partial charge in [-0.3, -0.25) is 0 Å². The summed E-state index contributed by atoms with van der Waals surface area (Å²) < 4.78 is 22.3. The highest BCUT2D eigenvalue weighted by Crippen LogP contribution is 2.54. The largest absolute Gasteiger partial charge is 0.458 e. The van der Waals surface area contributed by atoms with Crippen molar-refractivity contribution in [3.05, 3.63) is 23.8 Å². The van der Waals surface area contributed by atoms with E-state index in [1.807, 2.05) is 6.92 Å². The van der Waals surface area contributed by atoms with Crippen LogP contribution in [0.15, 0.2) is 23.8 Å². The Bertz CT molecular complexity index is 636. The van der Waals surface area contributed by atoms with Crippen LogP contribution < -0.4 is 0 Å². The molecule has 1 aliphatic carbocycles. The van der Waals surface area contributed by atoms with Gasteiger partial charge in [-0.15, -0.1) is 0 Å². The van der Waals surface area contributed by atoms with Crippen LogP contribution in [0.3, 0.4) is 0 Å². The monoisotopic (exact) mass is 290 g/mol. The first-order valence-electron chi connectivity index (χ1n) is 7.14. The van der Waals surface area contributed by atoms with Crippen molar-refractivity contribution in [2.75, 3.05) is 0 Å². The summed E-state index contributed by atoms with van der Waals surface area (Å²) in [7, 11) is 0. The van der Waals surface area contributed by atoms with Crippen LogP contribution >= 0.6 is 0 Å². The van der Waals surface area contributed by atoms with Gasteiger partial charge in [-0.05, 0) is 13.0 Å². The molecule has 0 spiro atoms. The van der Waals surface area contributed by atoms with Gasteiger partial charge >= 0.3 is 11.9 Å². The van der Waals surface area contributed by atoms with E-state index in [2.05, 4.69) is 6.58 Å². The zero-order valence-electron chi connectivity index (χ0n) is 11.4. The third kappa shape index (κ3) is 1.44. The standard InChI is InChI=1S/C15H14O6/c1-5-9-7-3-6(14(17)18-7)10-11(20-10)12-15(2,21-12)4-8(9)19-13(5)16/h3,7-12H,1,4H2,2H3/t7-,8+,9?,10-,11-,12+,15+/m1/s1. The van der Waals surface area contributed by atoms with Gasteiger partial charge in [0.25, 0.3) is 0 Å². The van der Waals surface area contributed by atoms with Gasteiger partial charge in [0.2, 0.25) is 0 Å². The number of epoxide rings is 2. The van der Waals surface area contributed by atoms with E-state index in [9.17, 15) is 9.59 Å². The summed E-state index contributed by atoms with van der Waals surface area (Å²) in [6, 6.07) is 0. The Labute approximate surface area is 120 Å². The summed E-state index contributed by atoms with van der Waals surface area (Å²) >= 11 is 0. The fraction of sp³-hybridized carbons (Fsp3) is 0.600. The summed E-state index contributed by atoms with van der Waals surface area (Å²) in [4.78, 5) is 23.9. The van der Waals surface area contributed by atoms with Gasteiger partial charge in [0.05, 0.1) is 17.1 Å². The van der Waals surface area contributed by atoms with Crippen LogP contribution in [0.5, 0.6) is 0 Å². The first-order valence-corrected chi connectivity index (χ1v) is 7.14. The number of carbonyl (C=O) groups excluding carboxylic acids is 2. The number of hydrogen-bond acceptors (Lipinski definition) is 6. The first-order chi connectivity index (χ1) is 9.98. The summed E-state index contributed by atoms with van der Waals surface area (Å²) in [6.45, 7) is 5.80. The average molecular weight is 290 g/mol. The van der Waals surface area contributed by atoms with E-state index in [-0.39, 0.29) is 41.9 Å². The van der Waals surface area contributed by atoms with Crippen molar-refractivity contribution in [3.8, 4) is 0 Å². The predicted octanol–water partition coefficient (Wildman–Crippen LogP) is 0.265. The van der Waals surface area contributed by atoms with Crippen molar-refractivity contribution in [3.63, 3.8) is 0 Å². The number of fused-ring (bicyclic) bond motifs is 7. The van der Waals surface area contributed by atoms with Crippen molar-refractivity contribution in [1.82, 2.24) is 0 Å². The maximum absolute atomic E-state index is 12.0. The number of rotatable bonds is 0. The number of esters is 2. The molecule has 0 radical (unpaired) electrons. The summed E-state index contributed by atoms with van der Waals surface area (Å²) in [6.07, 6.45) is 1.08. The van der Waals surface area contributed by atoms with Crippen LogP contribution in [0.2, 0.25) is 0 Å². The van der Waals surface area contributed by atoms with Crippen molar-refractivity contribution in [1.29, 1.82) is 0 Å². The molecule has 7 atom stereocenters.